The lowest BCUT2D eigenvalue weighted by Gasteiger charge is -2.31. The van der Waals surface area contributed by atoms with E-state index in [1.165, 1.54) is 23.5 Å². The lowest BCUT2D eigenvalue weighted by Crippen LogP contribution is -2.42. The molecule has 0 unspecified atom stereocenters. The molecule has 0 aliphatic carbocycles. The van der Waals surface area contributed by atoms with E-state index in [4.69, 9.17) is 0 Å². The highest BCUT2D eigenvalue weighted by molar-refractivity contribution is 7.09. The predicted molar refractivity (Wildman–Crippen MR) is 105 cm³/mol. The molecule has 0 radical (unpaired) electrons. The number of amides is 3. The van der Waals surface area contributed by atoms with Gasteiger partial charge in [0.05, 0.1) is 11.0 Å². The normalized spacial score (nSPS) is 23.8. The first-order valence-electron chi connectivity index (χ1n) is 9.30. The number of urea groups is 1. The highest BCUT2D eigenvalue weighted by Crippen LogP contribution is 2.45. The molecule has 2 aromatic rings. The molecule has 148 valence electrons. The molecule has 1 aromatic heterocycles. The Bertz CT molecular complexity index is 915. The quantitative estimate of drug-likeness (QED) is 0.776. The molecule has 0 bridgehead atoms. The molecule has 1 aromatic carbocycles. The summed E-state index contributed by atoms with van der Waals surface area (Å²) in [5.74, 6) is -0.139. The van der Waals surface area contributed by atoms with E-state index in [-0.39, 0.29) is 35.6 Å². The van der Waals surface area contributed by atoms with E-state index < -0.39 is 0 Å². The Kier molecular flexibility index (Phi) is 4.82. The average molecular weight is 402 g/mol. The van der Waals surface area contributed by atoms with Crippen LogP contribution in [0.5, 0.6) is 0 Å². The summed E-state index contributed by atoms with van der Waals surface area (Å²) in [6, 6.07) is 6.11. The van der Waals surface area contributed by atoms with E-state index in [1.54, 1.807) is 30.4 Å². The number of halogens is 1. The smallest absolute Gasteiger partial charge is 0.320 e. The van der Waals surface area contributed by atoms with Crippen molar-refractivity contribution >= 4 is 23.3 Å². The molecule has 3 amide bonds. The molecular formula is C20H23FN4O2S. The van der Waals surface area contributed by atoms with Crippen molar-refractivity contribution in [3.63, 3.8) is 0 Å². The number of likely N-dealkylation sites (tertiary alicyclic amines) is 2. The number of fused-ring (bicyclic) bond motifs is 1. The van der Waals surface area contributed by atoms with Crippen molar-refractivity contribution in [2.24, 2.45) is 11.8 Å². The summed E-state index contributed by atoms with van der Waals surface area (Å²) in [7, 11) is 3.44. The Morgan fingerprint density at radius 1 is 1.25 bits per heavy atom. The molecule has 2 aliphatic heterocycles. The molecule has 8 heteroatoms. The number of hydrogen-bond acceptors (Lipinski definition) is 4. The van der Waals surface area contributed by atoms with Gasteiger partial charge >= 0.3 is 6.03 Å². The van der Waals surface area contributed by atoms with Gasteiger partial charge < -0.3 is 14.7 Å². The van der Waals surface area contributed by atoms with Crippen LogP contribution in [0.4, 0.5) is 9.18 Å². The Morgan fingerprint density at radius 2 is 2.04 bits per heavy atom. The van der Waals surface area contributed by atoms with E-state index in [9.17, 15) is 14.0 Å². The van der Waals surface area contributed by atoms with Crippen molar-refractivity contribution in [3.05, 3.63) is 51.7 Å². The first-order chi connectivity index (χ1) is 13.3. The van der Waals surface area contributed by atoms with Gasteiger partial charge in [0.25, 0.3) is 5.91 Å². The molecule has 4 rings (SSSR count). The first-order valence-corrected chi connectivity index (χ1v) is 10.2. The third-order valence-corrected chi connectivity index (χ3v) is 6.38. The third-order valence-electron chi connectivity index (χ3n) is 5.61. The second-order valence-corrected chi connectivity index (χ2v) is 8.78. The molecule has 0 spiro atoms. The van der Waals surface area contributed by atoms with Gasteiger partial charge in [0.2, 0.25) is 0 Å². The number of carbonyl (C=O) groups is 2. The van der Waals surface area contributed by atoms with E-state index in [0.717, 1.165) is 10.6 Å². The largest absolute Gasteiger partial charge is 0.337 e. The minimum absolute atomic E-state index is 0.0674. The van der Waals surface area contributed by atoms with Gasteiger partial charge in [0, 0.05) is 50.9 Å². The van der Waals surface area contributed by atoms with Crippen molar-refractivity contribution in [2.45, 2.75) is 13.0 Å². The zero-order chi connectivity index (χ0) is 20.0. The number of carbonyl (C=O) groups excluding carboxylic acids is 2. The fraction of sp³-hybridized carbons (Fsp3) is 0.450. The highest BCUT2D eigenvalue weighted by Gasteiger charge is 2.50. The van der Waals surface area contributed by atoms with Gasteiger partial charge in [0.1, 0.15) is 11.5 Å². The number of aromatic nitrogens is 1. The second kappa shape index (κ2) is 7.16. The van der Waals surface area contributed by atoms with Crippen LogP contribution in [0.2, 0.25) is 0 Å². The van der Waals surface area contributed by atoms with Crippen LogP contribution in [-0.2, 0) is 0 Å². The Morgan fingerprint density at radius 3 is 2.68 bits per heavy atom. The third kappa shape index (κ3) is 3.26. The van der Waals surface area contributed by atoms with E-state index in [2.05, 4.69) is 4.98 Å². The van der Waals surface area contributed by atoms with Crippen molar-refractivity contribution in [1.29, 1.82) is 0 Å². The van der Waals surface area contributed by atoms with Crippen LogP contribution >= 0.6 is 11.3 Å². The molecule has 28 heavy (non-hydrogen) atoms. The number of thiazole rings is 1. The molecule has 2 saturated heterocycles. The van der Waals surface area contributed by atoms with Crippen LogP contribution in [0.25, 0.3) is 0 Å². The molecule has 3 heterocycles. The van der Waals surface area contributed by atoms with Crippen LogP contribution in [0, 0.1) is 24.6 Å². The summed E-state index contributed by atoms with van der Waals surface area (Å²) < 4.78 is 13.9. The summed E-state index contributed by atoms with van der Waals surface area (Å²) >= 11 is 1.46. The maximum Gasteiger partial charge on any atom is 0.320 e. The summed E-state index contributed by atoms with van der Waals surface area (Å²) in [5.41, 5.74) is 1.26. The van der Waals surface area contributed by atoms with Gasteiger partial charge in [-0.1, -0.05) is 12.1 Å². The summed E-state index contributed by atoms with van der Waals surface area (Å²) in [6.45, 7) is 3.56. The molecular weight excluding hydrogens is 379 g/mol. The predicted octanol–water partition coefficient (Wildman–Crippen LogP) is 3.02. The summed E-state index contributed by atoms with van der Waals surface area (Å²) in [5, 5.41) is 2.65. The standard InChI is InChI=1S/C20H23FN4O2S/c1-12-22-17(11-28-12)19(26)24-8-14-9-25(20(27)23(2)3)18(16(14)10-24)13-5-4-6-15(21)7-13/h4-7,11,14,16,18H,8-10H2,1-3H3/t14-,16-,18-/m1/s1. The minimum atomic E-state index is -0.318. The number of nitrogens with zero attached hydrogens (tertiary/aromatic N) is 4. The van der Waals surface area contributed by atoms with Crippen LogP contribution in [0.15, 0.2) is 29.6 Å². The SMILES string of the molecule is Cc1nc(C(=O)N2C[C@@H]3CN(C(=O)N(C)C)[C@H](c4cccc(F)c4)[C@@H]3C2)cs1. The maximum absolute atomic E-state index is 13.9. The molecule has 0 N–H and O–H groups in total. The van der Waals surface area contributed by atoms with E-state index in [1.807, 2.05) is 22.8 Å². The fourth-order valence-electron chi connectivity index (χ4n) is 4.41. The van der Waals surface area contributed by atoms with Crippen LogP contribution < -0.4 is 0 Å². The zero-order valence-corrected chi connectivity index (χ0v) is 16.9. The monoisotopic (exact) mass is 402 g/mol. The highest BCUT2D eigenvalue weighted by atomic mass is 32.1. The van der Waals surface area contributed by atoms with Gasteiger partial charge in [-0.3, -0.25) is 4.79 Å². The number of benzene rings is 1. The molecule has 0 saturated carbocycles. The van der Waals surface area contributed by atoms with Gasteiger partial charge in [0.15, 0.2) is 0 Å². The van der Waals surface area contributed by atoms with Crippen LogP contribution in [0.1, 0.15) is 27.1 Å². The second-order valence-electron chi connectivity index (χ2n) is 7.72. The Balaban J connectivity index is 1.62. The minimum Gasteiger partial charge on any atom is -0.337 e. The lowest BCUT2D eigenvalue weighted by molar-refractivity contribution is 0.0761. The molecule has 2 aliphatic rings. The number of hydrogen-bond donors (Lipinski definition) is 0. The van der Waals surface area contributed by atoms with Gasteiger partial charge in [-0.25, -0.2) is 14.2 Å². The molecule has 2 fully saturated rings. The Hall–Kier alpha value is -2.48. The van der Waals surface area contributed by atoms with E-state index >= 15 is 0 Å². The topological polar surface area (TPSA) is 56.8 Å². The van der Waals surface area contributed by atoms with Crippen LogP contribution in [0.3, 0.4) is 0 Å². The maximum atomic E-state index is 13.9. The summed E-state index contributed by atoms with van der Waals surface area (Å²) in [4.78, 5) is 35.1. The lowest BCUT2D eigenvalue weighted by atomic mass is 9.89. The molecule has 3 atom stereocenters. The zero-order valence-electron chi connectivity index (χ0n) is 16.1. The van der Waals surface area contributed by atoms with E-state index in [0.29, 0.717) is 25.3 Å². The van der Waals surface area contributed by atoms with Crippen molar-refractivity contribution in [2.75, 3.05) is 33.7 Å². The Labute approximate surface area is 167 Å². The fourth-order valence-corrected chi connectivity index (χ4v) is 4.99. The molecule has 6 nitrogen and oxygen atoms in total. The van der Waals surface area contributed by atoms with Crippen molar-refractivity contribution in [1.82, 2.24) is 19.7 Å². The van der Waals surface area contributed by atoms with Gasteiger partial charge in [-0.15, -0.1) is 11.3 Å². The van der Waals surface area contributed by atoms with Crippen molar-refractivity contribution < 1.29 is 14.0 Å². The van der Waals surface area contributed by atoms with Crippen molar-refractivity contribution in [3.8, 4) is 0 Å². The summed E-state index contributed by atoms with van der Waals surface area (Å²) in [6.07, 6.45) is 0. The number of aryl methyl sites for hydroxylation is 1. The average Bonchev–Trinajstić information content (AvgIpc) is 3.34. The van der Waals surface area contributed by atoms with Crippen LogP contribution in [-0.4, -0.2) is 65.4 Å². The number of rotatable bonds is 2. The van der Waals surface area contributed by atoms with Gasteiger partial charge in [-0.2, -0.15) is 0 Å². The van der Waals surface area contributed by atoms with Gasteiger partial charge in [-0.05, 0) is 24.6 Å². The first kappa shape index (κ1) is 18.9.